The molecule has 0 bridgehead atoms. The number of oxime groups is 1. The van der Waals surface area contributed by atoms with Gasteiger partial charge in [-0.1, -0.05) is 5.16 Å². The van der Waals surface area contributed by atoms with Crippen LogP contribution in [0.2, 0.25) is 0 Å². The molecule has 0 aromatic carbocycles. The van der Waals surface area contributed by atoms with Gasteiger partial charge >= 0.3 is 0 Å². The first-order chi connectivity index (χ1) is 8.61. The van der Waals surface area contributed by atoms with E-state index in [0.717, 1.165) is 19.6 Å². The van der Waals surface area contributed by atoms with E-state index in [2.05, 4.69) is 38.9 Å². The molecule has 1 saturated heterocycles. The zero-order valence-electron chi connectivity index (χ0n) is 10.6. The van der Waals surface area contributed by atoms with Crippen LogP contribution in [0.4, 0.5) is 5.95 Å². The van der Waals surface area contributed by atoms with Gasteiger partial charge in [-0.15, -0.1) is 0 Å². The van der Waals surface area contributed by atoms with Crippen molar-refractivity contribution in [1.29, 1.82) is 0 Å². The van der Waals surface area contributed by atoms with Gasteiger partial charge in [0.05, 0.1) is 0 Å². The Morgan fingerprint density at radius 1 is 1.56 bits per heavy atom. The van der Waals surface area contributed by atoms with Crippen molar-refractivity contribution in [2.24, 2.45) is 10.9 Å². The lowest BCUT2D eigenvalue weighted by atomic mass is 10.2. The predicted octanol–water partition coefficient (Wildman–Crippen LogP) is -0.289. The van der Waals surface area contributed by atoms with E-state index in [4.69, 9.17) is 10.9 Å². The number of hydrogen-bond acceptors (Lipinski definition) is 6. The molecular formula is C11H18N6O. The highest BCUT2D eigenvalue weighted by Crippen LogP contribution is 2.15. The van der Waals surface area contributed by atoms with Gasteiger partial charge in [-0.2, -0.15) is 0 Å². The van der Waals surface area contributed by atoms with Crippen LogP contribution in [0, 0.1) is 0 Å². The smallest absolute Gasteiger partial charge is 0.226 e. The van der Waals surface area contributed by atoms with Gasteiger partial charge in [-0.3, -0.25) is 0 Å². The van der Waals surface area contributed by atoms with E-state index in [1.807, 2.05) is 0 Å². The number of hydrogen-bond donors (Lipinski definition) is 2. The summed E-state index contributed by atoms with van der Waals surface area (Å²) in [4.78, 5) is 13.0. The van der Waals surface area contributed by atoms with Crippen molar-refractivity contribution in [3.8, 4) is 0 Å². The van der Waals surface area contributed by atoms with Crippen LogP contribution in [0.15, 0.2) is 17.4 Å². The third-order valence-electron chi connectivity index (χ3n) is 3.10. The molecule has 0 amide bonds. The van der Waals surface area contributed by atoms with Gasteiger partial charge in [0, 0.05) is 31.9 Å². The quantitative estimate of drug-likeness (QED) is 0.324. The van der Waals surface area contributed by atoms with Gasteiger partial charge in [0.2, 0.25) is 5.95 Å². The minimum Gasteiger partial charge on any atom is -0.409 e. The third-order valence-corrected chi connectivity index (χ3v) is 3.10. The van der Waals surface area contributed by atoms with Gasteiger partial charge in [-0.25, -0.2) is 9.97 Å². The Morgan fingerprint density at radius 2 is 2.33 bits per heavy atom. The Kier molecular flexibility index (Phi) is 3.61. The van der Waals surface area contributed by atoms with Crippen molar-refractivity contribution in [2.45, 2.75) is 13.0 Å². The molecule has 3 N–H and O–H groups in total. The summed E-state index contributed by atoms with van der Waals surface area (Å²) < 4.78 is 0. The molecule has 7 nitrogen and oxygen atoms in total. The Morgan fingerprint density at radius 3 is 3.00 bits per heavy atom. The molecule has 7 heteroatoms. The Hall–Kier alpha value is -1.89. The molecule has 2 heterocycles. The second kappa shape index (κ2) is 5.18. The summed E-state index contributed by atoms with van der Waals surface area (Å²) in [5.74, 6) is 0.625. The van der Waals surface area contributed by atoms with Crippen molar-refractivity contribution in [3.05, 3.63) is 18.0 Å². The SMILES string of the molecule is C[C@H]1CN(C)CCN1c1nccc(/C(N)=N/O)n1. The highest BCUT2D eigenvalue weighted by molar-refractivity contribution is 5.95. The minimum absolute atomic E-state index is 0.000399. The summed E-state index contributed by atoms with van der Waals surface area (Å²) in [6, 6.07) is 1.96. The van der Waals surface area contributed by atoms with Crippen LogP contribution in [0.1, 0.15) is 12.6 Å². The van der Waals surface area contributed by atoms with E-state index >= 15 is 0 Å². The molecule has 1 aliphatic heterocycles. The Bertz CT molecular complexity index is 449. The number of amidine groups is 1. The van der Waals surface area contributed by atoms with Gasteiger partial charge in [0.1, 0.15) is 5.69 Å². The highest BCUT2D eigenvalue weighted by Gasteiger charge is 2.23. The lowest BCUT2D eigenvalue weighted by molar-refractivity contribution is 0.273. The second-order valence-electron chi connectivity index (χ2n) is 4.53. The fourth-order valence-corrected chi connectivity index (χ4v) is 2.12. The first-order valence-corrected chi connectivity index (χ1v) is 5.88. The summed E-state index contributed by atoms with van der Waals surface area (Å²) in [5, 5.41) is 11.6. The minimum atomic E-state index is 0.000399. The number of anilines is 1. The number of rotatable bonds is 2. The molecule has 0 saturated carbocycles. The van der Waals surface area contributed by atoms with Crippen molar-refractivity contribution < 1.29 is 5.21 Å². The molecule has 0 aliphatic carbocycles. The maximum absolute atomic E-state index is 8.66. The van der Waals surface area contributed by atoms with Crippen LogP contribution < -0.4 is 10.6 Å². The molecular weight excluding hydrogens is 232 g/mol. The number of nitrogens with two attached hydrogens (primary N) is 1. The second-order valence-corrected chi connectivity index (χ2v) is 4.53. The summed E-state index contributed by atoms with van der Waals surface area (Å²) >= 11 is 0. The molecule has 1 aliphatic rings. The van der Waals surface area contributed by atoms with E-state index in [-0.39, 0.29) is 5.84 Å². The van der Waals surface area contributed by atoms with Crippen LogP contribution in [0.5, 0.6) is 0 Å². The molecule has 1 atom stereocenters. The fourth-order valence-electron chi connectivity index (χ4n) is 2.12. The lowest BCUT2D eigenvalue weighted by Crippen LogP contribution is -2.51. The summed E-state index contributed by atoms with van der Waals surface area (Å²) in [6.45, 7) is 4.95. The van der Waals surface area contributed by atoms with Gasteiger partial charge in [0.15, 0.2) is 5.84 Å². The maximum Gasteiger partial charge on any atom is 0.226 e. The topological polar surface area (TPSA) is 90.9 Å². The monoisotopic (exact) mass is 250 g/mol. The van der Waals surface area contributed by atoms with Crippen LogP contribution in [0.3, 0.4) is 0 Å². The van der Waals surface area contributed by atoms with Crippen molar-refractivity contribution in [3.63, 3.8) is 0 Å². The Labute approximate surface area is 106 Å². The van der Waals surface area contributed by atoms with Crippen LogP contribution >= 0.6 is 0 Å². The Balaban J connectivity index is 2.23. The predicted molar refractivity (Wildman–Crippen MR) is 68.8 cm³/mol. The molecule has 1 fully saturated rings. The van der Waals surface area contributed by atoms with E-state index in [9.17, 15) is 0 Å². The number of likely N-dealkylation sites (N-methyl/N-ethyl adjacent to an activating group) is 1. The molecule has 2 rings (SSSR count). The summed E-state index contributed by atoms with van der Waals surface area (Å²) in [7, 11) is 2.10. The third kappa shape index (κ3) is 2.51. The molecule has 18 heavy (non-hydrogen) atoms. The molecule has 1 aromatic heterocycles. The van der Waals surface area contributed by atoms with Crippen LogP contribution in [0.25, 0.3) is 0 Å². The van der Waals surface area contributed by atoms with Crippen molar-refractivity contribution >= 4 is 11.8 Å². The average molecular weight is 250 g/mol. The number of aromatic nitrogens is 2. The molecule has 0 radical (unpaired) electrons. The largest absolute Gasteiger partial charge is 0.409 e. The van der Waals surface area contributed by atoms with Crippen LogP contribution in [-0.2, 0) is 0 Å². The normalized spacial score (nSPS) is 22.2. The van der Waals surface area contributed by atoms with Crippen LogP contribution in [-0.4, -0.2) is 58.6 Å². The van der Waals surface area contributed by atoms with E-state index in [0.29, 0.717) is 17.7 Å². The maximum atomic E-state index is 8.66. The van der Waals surface area contributed by atoms with E-state index < -0.39 is 0 Å². The average Bonchev–Trinajstić information content (AvgIpc) is 2.38. The van der Waals surface area contributed by atoms with E-state index in [1.54, 1.807) is 12.3 Å². The molecule has 1 aromatic rings. The molecule has 98 valence electrons. The van der Waals surface area contributed by atoms with E-state index in [1.165, 1.54) is 0 Å². The summed E-state index contributed by atoms with van der Waals surface area (Å²) in [6.07, 6.45) is 1.63. The van der Waals surface area contributed by atoms with Crippen molar-refractivity contribution in [2.75, 3.05) is 31.6 Å². The standard InChI is InChI=1S/C11H18N6O/c1-8-7-16(2)5-6-17(8)11-13-4-3-9(14-11)10(12)15-18/h3-4,8,18H,5-7H2,1-2H3,(H2,12,15)/t8-/m0/s1. The molecule has 0 spiro atoms. The lowest BCUT2D eigenvalue weighted by Gasteiger charge is -2.38. The fraction of sp³-hybridized carbons (Fsp3) is 0.545. The number of piperazine rings is 1. The first-order valence-electron chi connectivity index (χ1n) is 5.88. The zero-order valence-corrected chi connectivity index (χ0v) is 10.6. The zero-order chi connectivity index (χ0) is 13.1. The molecule has 0 unspecified atom stereocenters. The van der Waals surface area contributed by atoms with Gasteiger partial charge in [-0.05, 0) is 20.0 Å². The van der Waals surface area contributed by atoms with Gasteiger partial charge in [0.25, 0.3) is 0 Å². The number of nitrogens with zero attached hydrogens (tertiary/aromatic N) is 5. The highest BCUT2D eigenvalue weighted by atomic mass is 16.4. The van der Waals surface area contributed by atoms with Gasteiger partial charge < -0.3 is 20.7 Å². The first kappa shape index (κ1) is 12.6. The van der Waals surface area contributed by atoms with Crippen molar-refractivity contribution in [1.82, 2.24) is 14.9 Å². The summed E-state index contributed by atoms with van der Waals surface area (Å²) in [5.41, 5.74) is 5.97.